The van der Waals surface area contributed by atoms with Crippen molar-refractivity contribution in [3.8, 4) is 22.1 Å². The molecule has 0 bridgehead atoms. The number of rotatable bonds is 4. The van der Waals surface area contributed by atoms with Gasteiger partial charge in [0.2, 0.25) is 5.82 Å². The van der Waals surface area contributed by atoms with Crippen LogP contribution < -0.4 is 15.4 Å². The zero-order valence-corrected chi connectivity index (χ0v) is 16.3. The monoisotopic (exact) mass is 417 g/mol. The number of nitrogens with zero attached hydrogens (tertiary/aromatic N) is 3. The molecule has 2 amide bonds. The molecule has 2 aromatic carbocycles. The van der Waals surface area contributed by atoms with Crippen molar-refractivity contribution in [3.63, 3.8) is 0 Å². The second kappa shape index (κ2) is 7.45. The van der Waals surface area contributed by atoms with Gasteiger partial charge >= 0.3 is 0 Å². The van der Waals surface area contributed by atoms with Gasteiger partial charge in [0, 0.05) is 5.69 Å². The highest BCUT2D eigenvalue weighted by Crippen LogP contribution is 2.31. The summed E-state index contributed by atoms with van der Waals surface area (Å²) in [5.74, 6) is 0.493. The van der Waals surface area contributed by atoms with Crippen molar-refractivity contribution in [1.82, 2.24) is 14.8 Å². The molecule has 30 heavy (non-hydrogen) atoms. The van der Waals surface area contributed by atoms with Crippen molar-refractivity contribution in [2.75, 3.05) is 17.2 Å². The Bertz CT molecular complexity index is 1240. The maximum atomic E-state index is 12.8. The zero-order valence-electron chi connectivity index (χ0n) is 15.5. The summed E-state index contributed by atoms with van der Waals surface area (Å²) in [6, 6.07) is 18.4. The summed E-state index contributed by atoms with van der Waals surface area (Å²) in [5, 5.41) is 11.9. The number of para-hydroxylation sites is 1. The van der Waals surface area contributed by atoms with Gasteiger partial charge in [-0.05, 0) is 41.8 Å². The Morgan fingerprint density at radius 2 is 2.00 bits per heavy atom. The Morgan fingerprint density at radius 3 is 2.80 bits per heavy atom. The van der Waals surface area contributed by atoms with Gasteiger partial charge in [-0.1, -0.05) is 24.3 Å². The van der Waals surface area contributed by atoms with Crippen LogP contribution in [0.15, 0.2) is 66.0 Å². The molecule has 0 unspecified atom stereocenters. The summed E-state index contributed by atoms with van der Waals surface area (Å²) >= 11 is 1.52. The van der Waals surface area contributed by atoms with Gasteiger partial charge in [-0.25, -0.2) is 9.67 Å². The topological polar surface area (TPSA) is 98.1 Å². The van der Waals surface area contributed by atoms with Gasteiger partial charge in [0.1, 0.15) is 5.75 Å². The predicted octanol–water partition coefficient (Wildman–Crippen LogP) is 3.58. The van der Waals surface area contributed by atoms with E-state index in [2.05, 4.69) is 20.7 Å². The minimum Gasteiger partial charge on any atom is -0.482 e. The lowest BCUT2D eigenvalue weighted by molar-refractivity contribution is -0.118. The zero-order chi connectivity index (χ0) is 20.5. The second-order valence-electron chi connectivity index (χ2n) is 6.49. The molecule has 3 heterocycles. The smallest absolute Gasteiger partial charge is 0.295 e. The van der Waals surface area contributed by atoms with Crippen molar-refractivity contribution in [1.29, 1.82) is 0 Å². The number of benzene rings is 2. The van der Waals surface area contributed by atoms with Gasteiger partial charge in [0.25, 0.3) is 11.8 Å². The van der Waals surface area contributed by atoms with Crippen LogP contribution in [-0.2, 0) is 4.79 Å². The van der Waals surface area contributed by atoms with E-state index in [9.17, 15) is 9.59 Å². The number of carbonyl (C=O) groups is 2. The molecule has 148 valence electrons. The fraction of sp³-hybridized carbons (Fsp3) is 0.0476. The second-order valence-corrected chi connectivity index (χ2v) is 7.43. The first-order valence-corrected chi connectivity index (χ1v) is 10.00. The molecule has 0 spiro atoms. The van der Waals surface area contributed by atoms with E-state index in [4.69, 9.17) is 4.74 Å². The van der Waals surface area contributed by atoms with Crippen LogP contribution in [-0.4, -0.2) is 33.2 Å². The number of thiophene rings is 1. The van der Waals surface area contributed by atoms with E-state index in [1.165, 1.54) is 11.3 Å². The molecule has 1 aliphatic rings. The van der Waals surface area contributed by atoms with Crippen LogP contribution in [0.3, 0.4) is 0 Å². The lowest BCUT2D eigenvalue weighted by Crippen LogP contribution is -2.25. The number of anilines is 2. The fourth-order valence-corrected chi connectivity index (χ4v) is 3.77. The van der Waals surface area contributed by atoms with Crippen molar-refractivity contribution in [2.24, 2.45) is 0 Å². The molecule has 0 aliphatic carbocycles. The van der Waals surface area contributed by atoms with E-state index < -0.39 is 5.91 Å². The van der Waals surface area contributed by atoms with Gasteiger partial charge in [-0.15, -0.1) is 16.4 Å². The first-order valence-electron chi connectivity index (χ1n) is 9.12. The third-order valence-electron chi connectivity index (χ3n) is 4.42. The molecule has 8 nitrogen and oxygen atoms in total. The molecule has 2 aromatic heterocycles. The van der Waals surface area contributed by atoms with Gasteiger partial charge in [0.15, 0.2) is 12.4 Å². The van der Waals surface area contributed by atoms with Crippen molar-refractivity contribution in [2.45, 2.75) is 0 Å². The Labute approximate surface area is 175 Å². The van der Waals surface area contributed by atoms with Crippen LogP contribution in [0.25, 0.3) is 16.4 Å². The number of nitrogens with one attached hydrogen (secondary N) is 2. The van der Waals surface area contributed by atoms with Gasteiger partial charge in [-0.3, -0.25) is 9.59 Å². The first-order chi connectivity index (χ1) is 14.7. The molecule has 4 aromatic rings. The number of aromatic nitrogens is 3. The third kappa shape index (κ3) is 3.42. The number of amides is 2. The SMILES string of the molecule is O=C1COc2ccc(NC(=O)c3nc(-c4cccs4)n(-c4ccccc4)n3)cc2N1. The maximum Gasteiger partial charge on any atom is 0.295 e. The quantitative estimate of drug-likeness (QED) is 0.529. The van der Waals surface area contributed by atoms with Crippen LogP contribution in [0, 0.1) is 0 Å². The van der Waals surface area contributed by atoms with Crippen LogP contribution >= 0.6 is 11.3 Å². The average Bonchev–Trinajstić information content (AvgIpc) is 3.44. The summed E-state index contributed by atoms with van der Waals surface area (Å²) in [6.07, 6.45) is 0. The molecule has 9 heteroatoms. The molecule has 0 fully saturated rings. The van der Waals surface area contributed by atoms with Crippen LogP contribution in [0.2, 0.25) is 0 Å². The average molecular weight is 417 g/mol. The molecular weight excluding hydrogens is 402 g/mol. The van der Waals surface area contributed by atoms with Crippen LogP contribution in [0.4, 0.5) is 11.4 Å². The molecule has 2 N–H and O–H groups in total. The third-order valence-corrected chi connectivity index (χ3v) is 5.29. The van der Waals surface area contributed by atoms with Gasteiger partial charge in [-0.2, -0.15) is 0 Å². The Balaban J connectivity index is 1.46. The molecule has 5 rings (SSSR count). The summed E-state index contributed by atoms with van der Waals surface area (Å²) in [4.78, 5) is 29.8. The fourth-order valence-electron chi connectivity index (χ4n) is 3.07. The lowest BCUT2D eigenvalue weighted by Gasteiger charge is -2.18. The minimum absolute atomic E-state index is 0.0228. The Morgan fingerprint density at radius 1 is 1.13 bits per heavy atom. The van der Waals surface area contributed by atoms with E-state index in [1.54, 1.807) is 22.9 Å². The van der Waals surface area contributed by atoms with Crippen molar-refractivity contribution < 1.29 is 14.3 Å². The summed E-state index contributed by atoms with van der Waals surface area (Å²) in [5.41, 5.74) is 1.81. The highest BCUT2D eigenvalue weighted by atomic mass is 32.1. The standard InChI is InChI=1S/C21H15N5O3S/c27-18-12-29-16-9-8-13(11-15(16)23-18)22-21(28)19-24-20(17-7-4-10-30-17)26(25-19)14-5-2-1-3-6-14/h1-11H,12H2,(H,22,28)(H,23,27). The largest absolute Gasteiger partial charge is 0.482 e. The number of carbonyl (C=O) groups excluding carboxylic acids is 2. The Hall–Kier alpha value is -3.98. The normalized spacial score (nSPS) is 12.6. The minimum atomic E-state index is -0.453. The molecule has 0 atom stereocenters. The number of ether oxygens (including phenoxy) is 1. The van der Waals surface area contributed by atoms with E-state index in [0.717, 1.165) is 10.6 Å². The molecule has 1 aliphatic heterocycles. The molecule has 0 radical (unpaired) electrons. The molecule has 0 saturated heterocycles. The highest BCUT2D eigenvalue weighted by Gasteiger charge is 2.21. The van der Waals surface area contributed by atoms with Gasteiger partial charge < -0.3 is 15.4 Å². The highest BCUT2D eigenvalue weighted by molar-refractivity contribution is 7.13. The van der Waals surface area contributed by atoms with E-state index in [0.29, 0.717) is 22.9 Å². The number of fused-ring (bicyclic) bond motifs is 1. The molecular formula is C21H15N5O3S. The predicted molar refractivity (Wildman–Crippen MR) is 113 cm³/mol. The summed E-state index contributed by atoms with van der Waals surface area (Å²) < 4.78 is 6.99. The number of hydrogen-bond donors (Lipinski definition) is 2. The van der Waals surface area contributed by atoms with E-state index in [1.807, 2.05) is 47.8 Å². The number of hydrogen-bond acceptors (Lipinski definition) is 6. The summed E-state index contributed by atoms with van der Waals surface area (Å²) in [6.45, 7) is -0.0228. The molecule has 0 saturated carbocycles. The first kappa shape index (κ1) is 18.1. The lowest BCUT2D eigenvalue weighted by atomic mass is 10.2. The van der Waals surface area contributed by atoms with Crippen molar-refractivity contribution >= 4 is 34.5 Å². The van der Waals surface area contributed by atoms with Crippen LogP contribution in [0.5, 0.6) is 5.75 Å². The van der Waals surface area contributed by atoms with E-state index >= 15 is 0 Å². The Kier molecular flexibility index (Phi) is 4.49. The van der Waals surface area contributed by atoms with Crippen molar-refractivity contribution in [3.05, 3.63) is 71.9 Å². The van der Waals surface area contributed by atoms with E-state index in [-0.39, 0.29) is 18.3 Å². The maximum absolute atomic E-state index is 12.8. The van der Waals surface area contributed by atoms with Crippen LogP contribution in [0.1, 0.15) is 10.6 Å². The van der Waals surface area contributed by atoms with Gasteiger partial charge in [0.05, 0.1) is 16.3 Å². The summed E-state index contributed by atoms with van der Waals surface area (Å²) in [7, 11) is 0.